The Morgan fingerprint density at radius 3 is 2.75 bits per heavy atom. The number of carbonyl (C=O) groups excluding carboxylic acids is 1. The van der Waals surface area contributed by atoms with E-state index < -0.39 is 0 Å². The lowest BCUT2D eigenvalue weighted by molar-refractivity contribution is 0.0600. The van der Waals surface area contributed by atoms with E-state index >= 15 is 0 Å². The van der Waals surface area contributed by atoms with Gasteiger partial charge in [0.15, 0.2) is 6.23 Å². The summed E-state index contributed by atoms with van der Waals surface area (Å²) < 4.78 is 10.6. The number of ether oxygens (including phenoxy) is 2. The Labute approximate surface area is 117 Å². The van der Waals surface area contributed by atoms with Crippen molar-refractivity contribution in [1.29, 1.82) is 0 Å². The van der Waals surface area contributed by atoms with Crippen molar-refractivity contribution in [3.63, 3.8) is 0 Å². The van der Waals surface area contributed by atoms with E-state index in [0.29, 0.717) is 12.1 Å². The van der Waals surface area contributed by atoms with Gasteiger partial charge in [0.1, 0.15) is 5.75 Å². The molecule has 0 saturated heterocycles. The second kappa shape index (κ2) is 5.35. The summed E-state index contributed by atoms with van der Waals surface area (Å²) in [5.41, 5.74) is 2.68. The van der Waals surface area contributed by atoms with Crippen molar-refractivity contribution in [3.8, 4) is 5.75 Å². The molecular weight excluding hydrogens is 254 g/mol. The van der Waals surface area contributed by atoms with Gasteiger partial charge < -0.3 is 9.47 Å². The minimum Gasteiger partial charge on any atom is -0.471 e. The van der Waals surface area contributed by atoms with E-state index in [9.17, 15) is 4.79 Å². The number of rotatable bonds is 3. The molecule has 4 heteroatoms. The Morgan fingerprint density at radius 2 is 2.00 bits per heavy atom. The van der Waals surface area contributed by atoms with Crippen LogP contribution >= 0.6 is 0 Å². The third-order valence-corrected chi connectivity index (χ3v) is 3.32. The van der Waals surface area contributed by atoms with Gasteiger partial charge >= 0.3 is 5.97 Å². The van der Waals surface area contributed by atoms with Crippen LogP contribution in [0.15, 0.2) is 48.5 Å². The number of benzene rings is 2. The predicted molar refractivity (Wildman–Crippen MR) is 74.4 cm³/mol. The highest BCUT2D eigenvalue weighted by Gasteiger charge is 2.24. The molecular formula is C16H15NO3. The maximum Gasteiger partial charge on any atom is 0.337 e. The maximum atomic E-state index is 11.5. The van der Waals surface area contributed by atoms with Crippen molar-refractivity contribution in [2.24, 2.45) is 0 Å². The zero-order chi connectivity index (χ0) is 13.9. The van der Waals surface area contributed by atoms with E-state index in [2.05, 4.69) is 5.32 Å². The van der Waals surface area contributed by atoms with Crippen LogP contribution in [0, 0.1) is 0 Å². The standard InChI is InChI=1S/C16H15NO3/c1-19-16(18)11-7-8-14-12(9-11)10-17-15(14)20-13-5-3-2-4-6-13/h2-9,15,17H,10H2,1H3. The van der Waals surface area contributed by atoms with Gasteiger partial charge in [-0.25, -0.2) is 4.79 Å². The van der Waals surface area contributed by atoms with Crippen molar-refractivity contribution in [1.82, 2.24) is 5.32 Å². The molecule has 2 aromatic carbocycles. The third kappa shape index (κ3) is 2.38. The average molecular weight is 269 g/mol. The number of nitrogens with one attached hydrogen (secondary N) is 1. The van der Waals surface area contributed by atoms with E-state index in [1.54, 1.807) is 6.07 Å². The van der Waals surface area contributed by atoms with Crippen LogP contribution in [0.4, 0.5) is 0 Å². The lowest BCUT2D eigenvalue weighted by Crippen LogP contribution is -2.18. The van der Waals surface area contributed by atoms with Crippen molar-refractivity contribution in [3.05, 3.63) is 65.2 Å². The number of para-hydroxylation sites is 1. The summed E-state index contributed by atoms with van der Waals surface area (Å²) in [5.74, 6) is 0.495. The quantitative estimate of drug-likeness (QED) is 0.870. The first-order valence-corrected chi connectivity index (χ1v) is 6.44. The number of esters is 1. The topological polar surface area (TPSA) is 47.6 Å². The summed E-state index contributed by atoms with van der Waals surface area (Å²) in [4.78, 5) is 11.5. The highest BCUT2D eigenvalue weighted by atomic mass is 16.5. The Kier molecular flexibility index (Phi) is 3.39. The molecule has 0 saturated carbocycles. The van der Waals surface area contributed by atoms with Gasteiger partial charge in [0, 0.05) is 12.1 Å². The van der Waals surface area contributed by atoms with Crippen molar-refractivity contribution in [2.75, 3.05) is 7.11 Å². The molecule has 0 aliphatic carbocycles. The van der Waals surface area contributed by atoms with Gasteiger partial charge in [-0.05, 0) is 29.8 Å². The molecule has 1 unspecified atom stereocenters. The van der Waals surface area contributed by atoms with Crippen LogP contribution in [-0.4, -0.2) is 13.1 Å². The van der Waals surface area contributed by atoms with Crippen LogP contribution in [0.25, 0.3) is 0 Å². The number of methoxy groups -OCH3 is 1. The van der Waals surface area contributed by atoms with Crippen LogP contribution in [0.2, 0.25) is 0 Å². The van der Waals surface area contributed by atoms with Crippen molar-refractivity contribution in [2.45, 2.75) is 12.8 Å². The number of fused-ring (bicyclic) bond motifs is 1. The first kappa shape index (κ1) is 12.7. The molecule has 1 heterocycles. The summed E-state index contributed by atoms with van der Waals surface area (Å²) in [6.45, 7) is 0.678. The Morgan fingerprint density at radius 1 is 1.20 bits per heavy atom. The normalized spacial score (nSPS) is 16.6. The number of hydrogen-bond donors (Lipinski definition) is 1. The first-order chi connectivity index (χ1) is 9.78. The monoisotopic (exact) mass is 269 g/mol. The van der Waals surface area contributed by atoms with E-state index in [0.717, 1.165) is 16.9 Å². The fourth-order valence-electron chi connectivity index (χ4n) is 2.31. The highest BCUT2D eigenvalue weighted by Crippen LogP contribution is 2.28. The van der Waals surface area contributed by atoms with Crippen molar-refractivity contribution >= 4 is 5.97 Å². The van der Waals surface area contributed by atoms with Gasteiger partial charge in [-0.2, -0.15) is 0 Å². The Hall–Kier alpha value is -2.33. The lowest BCUT2D eigenvalue weighted by Gasteiger charge is -2.15. The van der Waals surface area contributed by atoms with Crippen LogP contribution < -0.4 is 10.1 Å². The molecule has 0 spiro atoms. The van der Waals surface area contributed by atoms with Crippen molar-refractivity contribution < 1.29 is 14.3 Å². The molecule has 4 nitrogen and oxygen atoms in total. The van der Waals surface area contributed by atoms with E-state index in [-0.39, 0.29) is 12.2 Å². The molecule has 1 aliphatic rings. The van der Waals surface area contributed by atoms with Crippen LogP contribution in [0.5, 0.6) is 5.75 Å². The van der Waals surface area contributed by atoms with Gasteiger partial charge in [0.25, 0.3) is 0 Å². The van der Waals surface area contributed by atoms with Gasteiger partial charge in [-0.15, -0.1) is 0 Å². The van der Waals surface area contributed by atoms with Gasteiger partial charge in [0.05, 0.1) is 12.7 Å². The highest BCUT2D eigenvalue weighted by molar-refractivity contribution is 5.89. The van der Waals surface area contributed by atoms with E-state index in [1.165, 1.54) is 7.11 Å². The maximum absolute atomic E-state index is 11.5. The largest absolute Gasteiger partial charge is 0.471 e. The third-order valence-electron chi connectivity index (χ3n) is 3.32. The zero-order valence-electron chi connectivity index (χ0n) is 11.1. The van der Waals surface area contributed by atoms with Gasteiger partial charge in [-0.3, -0.25) is 5.32 Å². The first-order valence-electron chi connectivity index (χ1n) is 6.44. The van der Waals surface area contributed by atoms with E-state index in [4.69, 9.17) is 9.47 Å². The predicted octanol–water partition coefficient (Wildman–Crippen LogP) is 2.65. The minimum absolute atomic E-state index is 0.181. The fraction of sp³-hybridized carbons (Fsp3) is 0.188. The molecule has 1 aliphatic heterocycles. The number of hydrogen-bond acceptors (Lipinski definition) is 4. The molecule has 0 radical (unpaired) electrons. The second-order valence-corrected chi connectivity index (χ2v) is 4.60. The summed E-state index contributed by atoms with van der Waals surface area (Å²) in [5, 5.41) is 3.28. The molecule has 0 bridgehead atoms. The molecule has 2 aromatic rings. The second-order valence-electron chi connectivity index (χ2n) is 4.60. The van der Waals surface area contributed by atoms with Crippen LogP contribution in [-0.2, 0) is 11.3 Å². The molecule has 1 N–H and O–H groups in total. The molecule has 0 fully saturated rings. The SMILES string of the molecule is COC(=O)c1ccc2c(c1)CNC2Oc1ccccc1. The fourth-order valence-corrected chi connectivity index (χ4v) is 2.31. The van der Waals surface area contributed by atoms with Gasteiger partial charge in [-0.1, -0.05) is 24.3 Å². The van der Waals surface area contributed by atoms with Crippen LogP contribution in [0.1, 0.15) is 27.7 Å². The molecule has 3 rings (SSSR count). The minimum atomic E-state index is -0.319. The van der Waals surface area contributed by atoms with E-state index in [1.807, 2.05) is 42.5 Å². The lowest BCUT2D eigenvalue weighted by atomic mass is 10.1. The molecule has 0 aromatic heterocycles. The summed E-state index contributed by atoms with van der Waals surface area (Å²) in [7, 11) is 1.38. The average Bonchev–Trinajstić information content (AvgIpc) is 2.90. The zero-order valence-corrected chi connectivity index (χ0v) is 11.1. The van der Waals surface area contributed by atoms with Crippen LogP contribution in [0.3, 0.4) is 0 Å². The summed E-state index contributed by atoms with van der Waals surface area (Å²) in [6.07, 6.45) is -0.181. The Balaban J connectivity index is 1.82. The molecule has 1 atom stereocenters. The molecule has 0 amide bonds. The summed E-state index contributed by atoms with van der Waals surface area (Å²) in [6, 6.07) is 15.2. The smallest absolute Gasteiger partial charge is 0.337 e. The van der Waals surface area contributed by atoms with Gasteiger partial charge in [0.2, 0.25) is 0 Å². The Bertz CT molecular complexity index is 625. The summed E-state index contributed by atoms with van der Waals surface area (Å²) >= 11 is 0. The molecule has 20 heavy (non-hydrogen) atoms. The molecule has 102 valence electrons. The number of carbonyl (C=O) groups is 1.